The average molecular weight is 482 g/mol. The summed E-state index contributed by atoms with van der Waals surface area (Å²) in [6.45, 7) is 9.48. The van der Waals surface area contributed by atoms with Gasteiger partial charge in [0.05, 0.1) is 12.6 Å². The molecule has 1 aromatic heterocycles. The Morgan fingerprint density at radius 1 is 1.31 bits per heavy atom. The maximum absolute atomic E-state index is 13.6. The van der Waals surface area contributed by atoms with E-state index in [2.05, 4.69) is 35.6 Å². The van der Waals surface area contributed by atoms with Crippen molar-refractivity contribution in [3.05, 3.63) is 59.0 Å². The number of pyridine rings is 1. The number of carbonyl (C=O) groups excluding carboxylic acids is 1. The third-order valence-corrected chi connectivity index (χ3v) is 6.10. The average Bonchev–Trinajstić information content (AvgIpc) is 2.81. The summed E-state index contributed by atoms with van der Waals surface area (Å²) in [5.74, 6) is 6.46. The van der Waals surface area contributed by atoms with E-state index >= 15 is 0 Å². The van der Waals surface area contributed by atoms with Gasteiger partial charge in [0, 0.05) is 43.7 Å². The van der Waals surface area contributed by atoms with Crippen LogP contribution in [0.25, 0.3) is 0 Å². The normalized spacial score (nSPS) is 18.9. The Hall–Kier alpha value is -2.95. The highest BCUT2D eigenvalue weighted by Crippen LogP contribution is 2.27. The van der Waals surface area contributed by atoms with Crippen LogP contribution < -0.4 is 4.74 Å². The lowest BCUT2D eigenvalue weighted by atomic mass is 9.99. The van der Waals surface area contributed by atoms with Crippen LogP contribution in [0, 0.1) is 29.5 Å². The lowest BCUT2D eigenvalue weighted by Gasteiger charge is -2.37. The molecular formula is C28H36FN3O3. The minimum absolute atomic E-state index is 0.0247. The van der Waals surface area contributed by atoms with Gasteiger partial charge in [-0.3, -0.25) is 9.69 Å². The molecule has 3 atom stereocenters. The van der Waals surface area contributed by atoms with Crippen LogP contribution in [0.4, 0.5) is 4.39 Å². The van der Waals surface area contributed by atoms with Crippen LogP contribution in [0.2, 0.25) is 0 Å². The van der Waals surface area contributed by atoms with Gasteiger partial charge >= 0.3 is 0 Å². The van der Waals surface area contributed by atoms with Gasteiger partial charge in [-0.1, -0.05) is 44.7 Å². The molecule has 1 aliphatic heterocycles. The summed E-state index contributed by atoms with van der Waals surface area (Å²) in [6, 6.07) is 7.94. The Balaban J connectivity index is 1.89. The first-order valence-corrected chi connectivity index (χ1v) is 12.2. The van der Waals surface area contributed by atoms with Crippen molar-refractivity contribution in [1.82, 2.24) is 14.8 Å². The van der Waals surface area contributed by atoms with Crippen molar-refractivity contribution in [3.8, 4) is 17.7 Å². The van der Waals surface area contributed by atoms with Crippen molar-refractivity contribution in [2.24, 2.45) is 11.8 Å². The molecule has 0 fully saturated rings. The third-order valence-electron chi connectivity index (χ3n) is 6.10. The number of likely N-dealkylation sites (N-methyl/N-ethyl adjacent to an activating group) is 1. The SMILES string of the molecule is CC(C)CC#Cc1cnc2c(c1)C(=O)N([C@H](C)CO)C[C@@H](C)[C@@H](CN(C)Cc1cccc(F)c1)O2. The van der Waals surface area contributed by atoms with Gasteiger partial charge < -0.3 is 14.7 Å². The molecule has 1 aromatic carbocycles. The molecule has 0 bridgehead atoms. The number of nitrogens with zero attached hydrogens (tertiary/aromatic N) is 3. The zero-order valence-electron chi connectivity index (χ0n) is 21.3. The summed E-state index contributed by atoms with van der Waals surface area (Å²) in [5, 5.41) is 9.82. The fourth-order valence-electron chi connectivity index (χ4n) is 4.06. The Labute approximate surface area is 208 Å². The van der Waals surface area contributed by atoms with Crippen LogP contribution in [0.5, 0.6) is 5.88 Å². The molecule has 188 valence electrons. The Morgan fingerprint density at radius 2 is 2.09 bits per heavy atom. The van der Waals surface area contributed by atoms with Gasteiger partial charge in [0.2, 0.25) is 5.88 Å². The summed E-state index contributed by atoms with van der Waals surface area (Å²) in [6.07, 6.45) is 2.13. The molecule has 1 N–H and O–H groups in total. The summed E-state index contributed by atoms with van der Waals surface area (Å²) in [7, 11) is 1.96. The van der Waals surface area contributed by atoms with E-state index in [1.54, 1.807) is 23.2 Å². The second-order valence-electron chi connectivity index (χ2n) is 9.93. The molecule has 0 saturated heterocycles. The first-order chi connectivity index (χ1) is 16.7. The van der Waals surface area contributed by atoms with Gasteiger partial charge in [-0.05, 0) is 43.7 Å². The Kier molecular flexibility index (Phi) is 9.25. The van der Waals surface area contributed by atoms with Crippen molar-refractivity contribution < 1.29 is 19.0 Å². The number of carbonyl (C=O) groups is 1. The predicted octanol–water partition coefficient (Wildman–Crippen LogP) is 3.97. The third kappa shape index (κ3) is 7.27. The highest BCUT2D eigenvalue weighted by Gasteiger charge is 2.34. The number of rotatable bonds is 7. The van der Waals surface area contributed by atoms with Crippen LogP contribution >= 0.6 is 0 Å². The largest absolute Gasteiger partial charge is 0.472 e. The number of aliphatic hydroxyl groups is 1. The molecule has 7 heteroatoms. The van der Waals surface area contributed by atoms with E-state index in [0.717, 1.165) is 12.0 Å². The molecule has 2 aromatic rings. The van der Waals surface area contributed by atoms with E-state index in [1.807, 2.05) is 27.0 Å². The molecule has 0 spiro atoms. The van der Waals surface area contributed by atoms with Crippen LogP contribution in [0.3, 0.4) is 0 Å². The first kappa shape index (κ1) is 26.7. The smallest absolute Gasteiger partial charge is 0.259 e. The summed E-state index contributed by atoms with van der Waals surface area (Å²) < 4.78 is 19.9. The zero-order chi connectivity index (χ0) is 25.5. The molecule has 35 heavy (non-hydrogen) atoms. The molecule has 0 unspecified atom stereocenters. The van der Waals surface area contributed by atoms with Crippen molar-refractivity contribution in [2.45, 2.75) is 52.8 Å². The molecule has 0 aliphatic carbocycles. The van der Waals surface area contributed by atoms with E-state index < -0.39 is 0 Å². The molecule has 2 heterocycles. The second-order valence-corrected chi connectivity index (χ2v) is 9.93. The minimum Gasteiger partial charge on any atom is -0.472 e. The van der Waals surface area contributed by atoms with Crippen LogP contribution in [-0.4, -0.2) is 64.7 Å². The van der Waals surface area contributed by atoms with Gasteiger partial charge in [-0.25, -0.2) is 9.37 Å². The summed E-state index contributed by atoms with van der Waals surface area (Å²) >= 11 is 0. The Morgan fingerprint density at radius 3 is 2.77 bits per heavy atom. The number of halogens is 1. The minimum atomic E-state index is -0.350. The number of aromatic nitrogens is 1. The predicted molar refractivity (Wildman–Crippen MR) is 134 cm³/mol. The van der Waals surface area contributed by atoms with Crippen molar-refractivity contribution in [3.63, 3.8) is 0 Å². The first-order valence-electron chi connectivity index (χ1n) is 12.2. The highest BCUT2D eigenvalue weighted by atomic mass is 19.1. The van der Waals surface area contributed by atoms with Crippen LogP contribution in [-0.2, 0) is 6.54 Å². The molecule has 0 saturated carbocycles. The van der Waals surface area contributed by atoms with E-state index in [0.29, 0.717) is 36.7 Å². The number of hydrogen-bond donors (Lipinski definition) is 1. The topological polar surface area (TPSA) is 65.9 Å². The van der Waals surface area contributed by atoms with Gasteiger partial charge in [0.1, 0.15) is 17.5 Å². The van der Waals surface area contributed by atoms with Crippen molar-refractivity contribution in [1.29, 1.82) is 0 Å². The molecular weight excluding hydrogens is 445 g/mol. The quantitative estimate of drug-likeness (QED) is 0.607. The van der Waals surface area contributed by atoms with Gasteiger partial charge in [-0.15, -0.1) is 0 Å². The molecule has 1 amide bonds. The van der Waals surface area contributed by atoms with Crippen molar-refractivity contribution in [2.75, 3.05) is 26.7 Å². The van der Waals surface area contributed by atoms with E-state index in [-0.39, 0.29) is 42.3 Å². The summed E-state index contributed by atoms with van der Waals surface area (Å²) in [5.41, 5.74) is 1.89. The number of ether oxygens (including phenoxy) is 1. The standard InChI is InChI=1S/C28H36FN3O3/c1-19(2)8-6-9-22-13-25-27(30-14-22)35-26(20(3)15-32(28(25)34)21(4)18-33)17-31(5)16-23-10-7-11-24(29)12-23/h7,10-14,19-21,26,33H,8,15-18H2,1-5H3/t20-,21-,26-/m1/s1. The number of fused-ring (bicyclic) bond motifs is 1. The number of amides is 1. The monoisotopic (exact) mass is 481 g/mol. The molecule has 3 rings (SSSR count). The lowest BCUT2D eigenvalue weighted by Crippen LogP contribution is -2.49. The van der Waals surface area contributed by atoms with Crippen LogP contribution in [0.1, 0.15) is 55.6 Å². The van der Waals surface area contributed by atoms with Gasteiger partial charge in [0.25, 0.3) is 5.91 Å². The summed E-state index contributed by atoms with van der Waals surface area (Å²) in [4.78, 5) is 21.7. The van der Waals surface area contributed by atoms with E-state index in [4.69, 9.17) is 4.74 Å². The Bertz CT molecular complexity index is 1080. The van der Waals surface area contributed by atoms with Crippen LogP contribution in [0.15, 0.2) is 36.5 Å². The fourth-order valence-corrected chi connectivity index (χ4v) is 4.06. The lowest BCUT2D eigenvalue weighted by molar-refractivity contribution is 0.0325. The number of benzene rings is 1. The number of aliphatic hydroxyl groups excluding tert-OH is 1. The second kappa shape index (κ2) is 12.1. The molecule has 1 aliphatic rings. The zero-order valence-corrected chi connectivity index (χ0v) is 21.3. The highest BCUT2D eigenvalue weighted by molar-refractivity contribution is 5.97. The van der Waals surface area contributed by atoms with Crippen molar-refractivity contribution >= 4 is 5.91 Å². The fraction of sp³-hybridized carbons (Fsp3) is 0.500. The maximum atomic E-state index is 13.6. The van der Waals surface area contributed by atoms with E-state index in [1.165, 1.54) is 12.1 Å². The molecule has 0 radical (unpaired) electrons. The van der Waals surface area contributed by atoms with E-state index in [9.17, 15) is 14.3 Å². The number of hydrogen-bond acceptors (Lipinski definition) is 5. The van der Waals surface area contributed by atoms with Gasteiger partial charge in [-0.2, -0.15) is 0 Å². The molecule has 6 nitrogen and oxygen atoms in total. The maximum Gasteiger partial charge on any atom is 0.259 e. The van der Waals surface area contributed by atoms with Gasteiger partial charge in [0.15, 0.2) is 0 Å².